The minimum Gasteiger partial charge on any atom is -0.493 e. The van der Waals surface area contributed by atoms with Gasteiger partial charge in [0.05, 0.1) is 5.69 Å². The molecule has 0 amide bonds. The minimum absolute atomic E-state index is 0.0830. The van der Waals surface area contributed by atoms with E-state index in [1.807, 2.05) is 42.5 Å². The molecule has 0 bridgehead atoms. The molecule has 0 aliphatic heterocycles. The van der Waals surface area contributed by atoms with Crippen molar-refractivity contribution >= 4 is 10.8 Å². The van der Waals surface area contributed by atoms with Gasteiger partial charge in [-0.2, -0.15) is 0 Å². The van der Waals surface area contributed by atoms with Crippen LogP contribution in [0.4, 0.5) is 0 Å². The van der Waals surface area contributed by atoms with Crippen LogP contribution in [0.2, 0.25) is 0 Å². The van der Waals surface area contributed by atoms with E-state index in [1.165, 1.54) is 5.56 Å². The average Bonchev–Trinajstić information content (AvgIpc) is 2.40. The predicted molar refractivity (Wildman–Crippen MR) is 72.7 cm³/mol. The first-order valence-electron chi connectivity index (χ1n) is 5.94. The van der Waals surface area contributed by atoms with E-state index in [1.54, 1.807) is 6.07 Å². The highest BCUT2D eigenvalue weighted by Crippen LogP contribution is 2.23. The second kappa shape index (κ2) is 4.49. The third-order valence-electron chi connectivity index (χ3n) is 3.02. The number of hydrogen-bond donors (Lipinski definition) is 1. The van der Waals surface area contributed by atoms with Gasteiger partial charge >= 0.3 is 0 Å². The van der Waals surface area contributed by atoms with E-state index in [-0.39, 0.29) is 5.88 Å². The van der Waals surface area contributed by atoms with Crippen LogP contribution in [0, 0.1) is 0 Å². The largest absolute Gasteiger partial charge is 0.493 e. The number of aromatic hydroxyl groups is 1. The van der Waals surface area contributed by atoms with Gasteiger partial charge in [-0.05, 0) is 10.9 Å². The van der Waals surface area contributed by atoms with Crippen molar-refractivity contribution in [3.63, 3.8) is 0 Å². The molecule has 0 fully saturated rings. The topological polar surface area (TPSA) is 33.1 Å². The Labute approximate surface area is 106 Å². The van der Waals surface area contributed by atoms with Crippen molar-refractivity contribution in [3.05, 3.63) is 71.9 Å². The molecule has 0 radical (unpaired) electrons. The van der Waals surface area contributed by atoms with E-state index in [0.717, 1.165) is 22.9 Å². The number of nitrogens with zero attached hydrogens (tertiary/aromatic N) is 1. The highest BCUT2D eigenvalue weighted by Gasteiger charge is 2.05. The zero-order valence-electron chi connectivity index (χ0n) is 9.88. The van der Waals surface area contributed by atoms with Crippen molar-refractivity contribution in [3.8, 4) is 5.88 Å². The summed E-state index contributed by atoms with van der Waals surface area (Å²) in [6.07, 6.45) is 0.732. The quantitative estimate of drug-likeness (QED) is 0.737. The first kappa shape index (κ1) is 10.8. The van der Waals surface area contributed by atoms with E-state index in [0.29, 0.717) is 0 Å². The van der Waals surface area contributed by atoms with E-state index in [4.69, 9.17) is 0 Å². The van der Waals surface area contributed by atoms with Crippen LogP contribution in [0.25, 0.3) is 10.8 Å². The van der Waals surface area contributed by atoms with Crippen LogP contribution in [0.1, 0.15) is 11.3 Å². The van der Waals surface area contributed by atoms with E-state index >= 15 is 0 Å². The minimum atomic E-state index is 0.0830. The van der Waals surface area contributed by atoms with Gasteiger partial charge < -0.3 is 5.11 Å². The van der Waals surface area contributed by atoms with Crippen molar-refractivity contribution in [2.24, 2.45) is 0 Å². The highest BCUT2D eigenvalue weighted by atomic mass is 16.3. The second-order valence-electron chi connectivity index (χ2n) is 4.31. The first-order chi connectivity index (χ1) is 8.83. The summed E-state index contributed by atoms with van der Waals surface area (Å²) in [4.78, 5) is 4.25. The maximum atomic E-state index is 9.68. The predicted octanol–water partition coefficient (Wildman–Crippen LogP) is 3.53. The molecule has 2 heteroatoms. The van der Waals surface area contributed by atoms with Gasteiger partial charge in [-0.1, -0.05) is 54.6 Å². The number of pyridine rings is 1. The van der Waals surface area contributed by atoms with E-state index in [9.17, 15) is 5.11 Å². The average molecular weight is 235 g/mol. The normalized spacial score (nSPS) is 10.7. The standard InChI is InChI=1S/C16H13NO/c18-16-11-13-8-4-5-9-14(13)15(17-16)10-12-6-2-1-3-7-12/h1-9,11H,10H2,(H,17,18). The monoisotopic (exact) mass is 235 g/mol. The smallest absolute Gasteiger partial charge is 0.211 e. The van der Waals surface area contributed by atoms with Crippen LogP contribution in [0.3, 0.4) is 0 Å². The Kier molecular flexibility index (Phi) is 2.69. The first-order valence-corrected chi connectivity index (χ1v) is 5.94. The number of benzene rings is 2. The van der Waals surface area contributed by atoms with Crippen molar-refractivity contribution in [2.45, 2.75) is 6.42 Å². The number of rotatable bonds is 2. The van der Waals surface area contributed by atoms with Crippen LogP contribution in [0.15, 0.2) is 60.7 Å². The highest BCUT2D eigenvalue weighted by molar-refractivity contribution is 5.85. The van der Waals surface area contributed by atoms with Gasteiger partial charge in [0.25, 0.3) is 0 Å². The SMILES string of the molecule is Oc1cc2ccccc2c(Cc2ccccc2)n1. The zero-order valence-corrected chi connectivity index (χ0v) is 9.88. The van der Waals surface area contributed by atoms with Crippen LogP contribution < -0.4 is 0 Å². The fourth-order valence-corrected chi connectivity index (χ4v) is 2.18. The zero-order chi connectivity index (χ0) is 12.4. The molecule has 2 aromatic carbocycles. The molecule has 0 spiro atoms. The summed E-state index contributed by atoms with van der Waals surface area (Å²) in [5.74, 6) is 0.0830. The summed E-state index contributed by atoms with van der Waals surface area (Å²) in [6.45, 7) is 0. The summed E-state index contributed by atoms with van der Waals surface area (Å²) in [5.41, 5.74) is 2.11. The molecule has 0 aliphatic rings. The number of aromatic nitrogens is 1. The maximum Gasteiger partial charge on any atom is 0.211 e. The van der Waals surface area contributed by atoms with Crippen molar-refractivity contribution in [1.29, 1.82) is 0 Å². The Morgan fingerprint density at radius 2 is 1.61 bits per heavy atom. The summed E-state index contributed by atoms with van der Waals surface area (Å²) in [6, 6.07) is 19.9. The Morgan fingerprint density at radius 1 is 0.889 bits per heavy atom. The van der Waals surface area contributed by atoms with Gasteiger partial charge in [0.15, 0.2) is 0 Å². The van der Waals surface area contributed by atoms with Gasteiger partial charge in [0, 0.05) is 17.9 Å². The third kappa shape index (κ3) is 2.05. The molecule has 0 unspecified atom stereocenters. The van der Waals surface area contributed by atoms with Gasteiger partial charge in [-0.25, -0.2) is 4.98 Å². The molecular formula is C16H13NO. The summed E-state index contributed by atoms with van der Waals surface area (Å²) in [5, 5.41) is 11.8. The molecule has 88 valence electrons. The Bertz CT molecular complexity index is 677. The Balaban J connectivity index is 2.11. The molecule has 0 atom stereocenters. The van der Waals surface area contributed by atoms with Crippen molar-refractivity contribution in [2.75, 3.05) is 0 Å². The lowest BCUT2D eigenvalue weighted by Crippen LogP contribution is -1.94. The molecule has 2 nitrogen and oxygen atoms in total. The number of hydrogen-bond acceptors (Lipinski definition) is 2. The fourth-order valence-electron chi connectivity index (χ4n) is 2.18. The molecule has 0 aliphatic carbocycles. The molecule has 1 aromatic heterocycles. The van der Waals surface area contributed by atoms with Crippen LogP contribution in [-0.2, 0) is 6.42 Å². The lowest BCUT2D eigenvalue weighted by atomic mass is 10.0. The molecule has 18 heavy (non-hydrogen) atoms. The Morgan fingerprint density at radius 3 is 2.44 bits per heavy atom. The van der Waals surface area contributed by atoms with Gasteiger partial charge in [-0.3, -0.25) is 0 Å². The third-order valence-corrected chi connectivity index (χ3v) is 3.02. The lowest BCUT2D eigenvalue weighted by molar-refractivity contribution is 0.453. The van der Waals surface area contributed by atoms with E-state index in [2.05, 4.69) is 17.1 Å². The molecule has 3 aromatic rings. The fraction of sp³-hybridized carbons (Fsp3) is 0.0625. The van der Waals surface area contributed by atoms with Crippen LogP contribution >= 0.6 is 0 Å². The van der Waals surface area contributed by atoms with Crippen LogP contribution in [0.5, 0.6) is 5.88 Å². The molecule has 3 rings (SSSR count). The molecule has 1 heterocycles. The Hall–Kier alpha value is -2.35. The van der Waals surface area contributed by atoms with Gasteiger partial charge in [-0.15, -0.1) is 0 Å². The van der Waals surface area contributed by atoms with Gasteiger partial charge in [0.1, 0.15) is 0 Å². The molecule has 0 saturated carbocycles. The van der Waals surface area contributed by atoms with Gasteiger partial charge in [0.2, 0.25) is 5.88 Å². The van der Waals surface area contributed by atoms with Crippen molar-refractivity contribution in [1.82, 2.24) is 4.98 Å². The van der Waals surface area contributed by atoms with E-state index < -0.39 is 0 Å². The molecule has 0 saturated heterocycles. The summed E-state index contributed by atoms with van der Waals surface area (Å²) < 4.78 is 0. The second-order valence-corrected chi connectivity index (χ2v) is 4.31. The summed E-state index contributed by atoms with van der Waals surface area (Å²) >= 11 is 0. The molecular weight excluding hydrogens is 222 g/mol. The maximum absolute atomic E-state index is 9.68. The van der Waals surface area contributed by atoms with Crippen LogP contribution in [-0.4, -0.2) is 10.1 Å². The van der Waals surface area contributed by atoms with Crippen molar-refractivity contribution < 1.29 is 5.11 Å². The molecule has 1 N–H and O–H groups in total. The number of fused-ring (bicyclic) bond motifs is 1. The lowest BCUT2D eigenvalue weighted by Gasteiger charge is -2.06. The summed E-state index contributed by atoms with van der Waals surface area (Å²) in [7, 11) is 0.